The number of hydrogen-bond acceptors (Lipinski definition) is 6. The molecule has 0 aliphatic carbocycles. The second-order valence-electron chi connectivity index (χ2n) is 5.21. The Bertz CT molecular complexity index is 813. The summed E-state index contributed by atoms with van der Waals surface area (Å²) < 4.78 is 15.6. The molecule has 0 amide bonds. The quantitative estimate of drug-likeness (QED) is 0.670. The molecule has 0 aliphatic heterocycles. The summed E-state index contributed by atoms with van der Waals surface area (Å²) in [6, 6.07) is 12.9. The maximum atomic E-state index is 11.5. The summed E-state index contributed by atoms with van der Waals surface area (Å²) in [4.78, 5) is 15.6. The highest BCUT2D eigenvalue weighted by atomic mass is 16.5. The van der Waals surface area contributed by atoms with Gasteiger partial charge >= 0.3 is 5.97 Å². The molecule has 2 heterocycles. The number of aryl methyl sites for hydroxylation is 1. The molecule has 6 heteroatoms. The van der Waals surface area contributed by atoms with Crippen LogP contribution in [0, 0.1) is 6.92 Å². The summed E-state index contributed by atoms with van der Waals surface area (Å²) in [6.07, 6.45) is 2.45. The van der Waals surface area contributed by atoms with Crippen LogP contribution in [0.1, 0.15) is 33.3 Å². The van der Waals surface area contributed by atoms with Gasteiger partial charge in [-0.1, -0.05) is 35.0 Å². The Morgan fingerprint density at radius 3 is 2.71 bits per heavy atom. The monoisotopic (exact) mass is 324 g/mol. The molecule has 1 aromatic carbocycles. The van der Waals surface area contributed by atoms with E-state index in [4.69, 9.17) is 9.26 Å². The highest BCUT2D eigenvalue weighted by Gasteiger charge is 2.20. The second kappa shape index (κ2) is 6.95. The van der Waals surface area contributed by atoms with Crippen molar-refractivity contribution >= 4 is 5.97 Å². The number of nitrogens with zero attached hydrogens (tertiary/aromatic N) is 2. The lowest BCUT2D eigenvalue weighted by Gasteiger charge is -2.17. The van der Waals surface area contributed by atoms with Crippen molar-refractivity contribution < 1.29 is 18.8 Å². The van der Waals surface area contributed by atoms with Gasteiger partial charge in [-0.05, 0) is 18.6 Å². The number of hydrogen-bond donors (Lipinski definition) is 0. The van der Waals surface area contributed by atoms with Crippen molar-refractivity contribution in [1.82, 2.24) is 10.1 Å². The lowest BCUT2D eigenvalue weighted by atomic mass is 10.0. The van der Waals surface area contributed by atoms with Gasteiger partial charge in [-0.3, -0.25) is 0 Å². The first-order chi connectivity index (χ1) is 11.7. The molecule has 2 aromatic heterocycles. The van der Waals surface area contributed by atoms with E-state index in [0.29, 0.717) is 17.1 Å². The van der Waals surface area contributed by atoms with Crippen molar-refractivity contribution in [2.45, 2.75) is 13.0 Å². The normalized spacial score (nSPS) is 11.8. The van der Waals surface area contributed by atoms with Crippen LogP contribution in [0.4, 0.5) is 0 Å². The Morgan fingerprint density at radius 1 is 1.21 bits per heavy atom. The number of methoxy groups -OCH3 is 1. The van der Waals surface area contributed by atoms with Gasteiger partial charge in [0.15, 0.2) is 6.10 Å². The lowest BCUT2D eigenvalue weighted by Crippen LogP contribution is -2.11. The molecule has 1 atom stereocenters. The van der Waals surface area contributed by atoms with E-state index >= 15 is 0 Å². The molecule has 0 aliphatic rings. The molecule has 0 spiro atoms. The van der Waals surface area contributed by atoms with Gasteiger partial charge in [-0.2, -0.15) is 0 Å². The van der Waals surface area contributed by atoms with E-state index in [1.165, 1.54) is 19.6 Å². The minimum Gasteiger partial charge on any atom is -0.465 e. The number of carbonyl (C=O) groups excluding carboxylic acids is 1. The van der Waals surface area contributed by atoms with Crippen LogP contribution in [0.5, 0.6) is 5.88 Å². The van der Waals surface area contributed by atoms with Crippen molar-refractivity contribution in [1.29, 1.82) is 0 Å². The Balaban J connectivity index is 1.89. The van der Waals surface area contributed by atoms with Gasteiger partial charge in [0.1, 0.15) is 12.0 Å². The highest BCUT2D eigenvalue weighted by molar-refractivity contribution is 5.88. The van der Waals surface area contributed by atoms with E-state index < -0.39 is 12.1 Å². The maximum Gasteiger partial charge on any atom is 0.339 e. The molecule has 1 unspecified atom stereocenters. The van der Waals surface area contributed by atoms with E-state index in [2.05, 4.69) is 14.9 Å². The molecule has 0 saturated carbocycles. The second-order valence-corrected chi connectivity index (χ2v) is 5.21. The third-order valence-electron chi connectivity index (χ3n) is 3.47. The fourth-order valence-electron chi connectivity index (χ4n) is 2.30. The molecule has 0 fully saturated rings. The number of ether oxygens (including phenoxy) is 2. The van der Waals surface area contributed by atoms with Crippen molar-refractivity contribution in [3.63, 3.8) is 0 Å². The average molecular weight is 324 g/mol. The zero-order valence-corrected chi connectivity index (χ0v) is 13.3. The molecule has 122 valence electrons. The zero-order valence-electron chi connectivity index (χ0n) is 13.3. The van der Waals surface area contributed by atoms with Crippen molar-refractivity contribution in [3.05, 3.63) is 77.3 Å². The first kappa shape index (κ1) is 15.7. The molecule has 24 heavy (non-hydrogen) atoms. The minimum absolute atomic E-state index is 0.360. The van der Waals surface area contributed by atoms with E-state index in [-0.39, 0.29) is 0 Å². The fourth-order valence-corrected chi connectivity index (χ4v) is 2.30. The van der Waals surface area contributed by atoms with E-state index in [1.807, 2.05) is 31.2 Å². The Morgan fingerprint density at radius 2 is 2.08 bits per heavy atom. The van der Waals surface area contributed by atoms with Gasteiger partial charge in [0.25, 0.3) is 0 Å². The summed E-state index contributed by atoms with van der Waals surface area (Å²) in [6.45, 7) is 2.01. The van der Waals surface area contributed by atoms with Gasteiger partial charge in [0.2, 0.25) is 5.88 Å². The first-order valence-corrected chi connectivity index (χ1v) is 7.35. The molecule has 3 rings (SSSR count). The molecule has 6 nitrogen and oxygen atoms in total. The van der Waals surface area contributed by atoms with Gasteiger partial charge < -0.3 is 14.0 Å². The van der Waals surface area contributed by atoms with E-state index in [9.17, 15) is 4.79 Å². The predicted octanol–water partition coefficient (Wildman–Crippen LogP) is 3.33. The first-order valence-electron chi connectivity index (χ1n) is 7.35. The third kappa shape index (κ3) is 3.43. The maximum absolute atomic E-state index is 11.5. The number of carbonyl (C=O) groups is 1. The van der Waals surface area contributed by atoms with Crippen LogP contribution in [-0.2, 0) is 4.74 Å². The molecular weight excluding hydrogens is 308 g/mol. The molecule has 0 N–H and O–H groups in total. The van der Waals surface area contributed by atoms with Crippen LogP contribution in [0.25, 0.3) is 0 Å². The van der Waals surface area contributed by atoms with Crippen molar-refractivity contribution in [2.75, 3.05) is 7.11 Å². The topological polar surface area (TPSA) is 74.5 Å². The molecular formula is C18H16N2O4. The van der Waals surface area contributed by atoms with E-state index in [0.717, 1.165) is 11.1 Å². The lowest BCUT2D eigenvalue weighted by molar-refractivity contribution is 0.0600. The molecule has 0 saturated heterocycles. The number of esters is 1. The highest BCUT2D eigenvalue weighted by Crippen LogP contribution is 2.27. The number of benzene rings is 1. The Hall–Kier alpha value is -3.15. The fraction of sp³-hybridized carbons (Fsp3) is 0.167. The summed E-state index contributed by atoms with van der Waals surface area (Å²) in [7, 11) is 1.32. The third-order valence-corrected chi connectivity index (χ3v) is 3.47. The van der Waals surface area contributed by atoms with Crippen molar-refractivity contribution in [2.24, 2.45) is 0 Å². The van der Waals surface area contributed by atoms with Gasteiger partial charge in [-0.25, -0.2) is 9.78 Å². The van der Waals surface area contributed by atoms with Crippen LogP contribution in [-0.4, -0.2) is 23.2 Å². The minimum atomic E-state index is -0.458. The largest absolute Gasteiger partial charge is 0.465 e. The van der Waals surface area contributed by atoms with Crippen LogP contribution in [0.2, 0.25) is 0 Å². The summed E-state index contributed by atoms with van der Waals surface area (Å²) in [5.41, 5.74) is 3.04. The Kier molecular flexibility index (Phi) is 4.56. The van der Waals surface area contributed by atoms with Gasteiger partial charge in [-0.15, -0.1) is 0 Å². The smallest absolute Gasteiger partial charge is 0.339 e. The van der Waals surface area contributed by atoms with Crippen LogP contribution >= 0.6 is 0 Å². The van der Waals surface area contributed by atoms with Gasteiger partial charge in [0.05, 0.1) is 12.7 Å². The van der Waals surface area contributed by atoms with Crippen LogP contribution < -0.4 is 4.74 Å². The van der Waals surface area contributed by atoms with E-state index in [1.54, 1.807) is 18.2 Å². The number of pyridine rings is 1. The summed E-state index contributed by atoms with van der Waals surface area (Å²) in [5.74, 6) is -0.0713. The zero-order chi connectivity index (χ0) is 16.9. The summed E-state index contributed by atoms with van der Waals surface area (Å²) in [5, 5.41) is 3.98. The van der Waals surface area contributed by atoms with Crippen LogP contribution in [0.3, 0.4) is 0 Å². The SMILES string of the molecule is COC(=O)c1ccc(OC(c2cccc(C)c2)c2ccon2)nc1. The molecule has 0 radical (unpaired) electrons. The van der Waals surface area contributed by atoms with Crippen LogP contribution in [0.15, 0.2) is 59.4 Å². The Labute approximate surface area is 139 Å². The average Bonchev–Trinajstić information content (AvgIpc) is 3.14. The van der Waals surface area contributed by atoms with Crippen molar-refractivity contribution in [3.8, 4) is 5.88 Å². The number of aromatic nitrogens is 2. The number of rotatable bonds is 5. The standard InChI is InChI=1S/C18H16N2O4/c1-12-4-3-5-13(10-12)17(15-8-9-23-20-15)24-16-7-6-14(11-19-16)18(21)22-2/h3-11,17H,1-2H3. The molecule has 0 bridgehead atoms. The molecule has 3 aromatic rings. The van der Waals surface area contributed by atoms with Gasteiger partial charge in [0, 0.05) is 18.3 Å². The predicted molar refractivity (Wildman–Crippen MR) is 85.7 cm³/mol. The summed E-state index contributed by atoms with van der Waals surface area (Å²) >= 11 is 0.